The molecule has 0 unspecified atom stereocenters. The second-order valence-electron chi connectivity index (χ2n) is 6.43. The number of aromatic nitrogens is 8. The van der Waals surface area contributed by atoms with E-state index < -0.39 is 5.91 Å². The van der Waals surface area contributed by atoms with Gasteiger partial charge in [0, 0.05) is 12.8 Å². The second kappa shape index (κ2) is 9.30. The molecule has 1 amide bonds. The van der Waals surface area contributed by atoms with Gasteiger partial charge in [-0.05, 0) is 22.8 Å². The zero-order valence-corrected chi connectivity index (χ0v) is 17.9. The number of carbonyl (C=O) groups excluding carboxylic acids is 1. The number of carbonyl (C=O) groups is 1. The molecule has 0 radical (unpaired) electrons. The third-order valence-electron chi connectivity index (χ3n) is 4.37. The number of benzene rings is 1. The second-order valence-corrected chi connectivity index (χ2v) is 7.37. The molecule has 0 saturated carbocycles. The Hall–Kier alpha value is -4.20. The number of anilines is 1. The van der Waals surface area contributed by atoms with E-state index in [9.17, 15) is 4.79 Å². The Labute approximate surface area is 186 Å². The maximum Gasteiger partial charge on any atom is 0.292 e. The fraction of sp³-hybridized carbons (Fsp3) is 0.167. The van der Waals surface area contributed by atoms with Crippen LogP contribution in [0, 0.1) is 0 Å². The highest BCUT2D eigenvalue weighted by Gasteiger charge is 2.24. The summed E-state index contributed by atoms with van der Waals surface area (Å²) in [5.41, 5.74) is 13.6. The zero-order chi connectivity index (χ0) is 22.5. The average Bonchev–Trinajstić information content (AvgIpc) is 3.53. The summed E-state index contributed by atoms with van der Waals surface area (Å²) < 4.78 is 7.74. The summed E-state index contributed by atoms with van der Waals surface area (Å²) in [6.45, 7) is 1.86. The highest BCUT2D eigenvalue weighted by atomic mass is 32.2. The van der Waals surface area contributed by atoms with E-state index in [1.165, 1.54) is 16.4 Å². The van der Waals surface area contributed by atoms with Crippen LogP contribution < -0.4 is 16.6 Å². The monoisotopic (exact) mass is 453 g/mol. The van der Waals surface area contributed by atoms with Crippen molar-refractivity contribution in [3.05, 3.63) is 59.7 Å². The number of nitrogen functional groups attached to an aromatic ring is 1. The molecule has 4 N–H and O–H groups in total. The molecule has 0 fully saturated rings. The highest BCUT2D eigenvalue weighted by molar-refractivity contribution is 7.98. The van der Waals surface area contributed by atoms with Crippen LogP contribution in [0.15, 0.2) is 52.5 Å². The van der Waals surface area contributed by atoms with E-state index in [-0.39, 0.29) is 23.1 Å². The Morgan fingerprint density at radius 3 is 2.69 bits per heavy atom. The lowest BCUT2D eigenvalue weighted by Crippen LogP contribution is -2.36. The molecule has 0 aliphatic rings. The minimum atomic E-state index is -0.491. The van der Waals surface area contributed by atoms with Gasteiger partial charge in [-0.1, -0.05) is 53.4 Å². The molecule has 4 rings (SSSR count). The molecule has 1 aromatic carbocycles. The molecule has 13 nitrogen and oxygen atoms in total. The Morgan fingerprint density at radius 1 is 1.22 bits per heavy atom. The number of thioether (sulfide) groups is 1. The number of rotatable bonds is 8. The number of allylic oxidation sites excluding steroid dienone is 1. The van der Waals surface area contributed by atoms with Crippen molar-refractivity contribution in [2.75, 3.05) is 5.73 Å². The predicted octanol–water partition coefficient (Wildman–Crippen LogP) is 0.949. The molecule has 164 valence electrons. The summed E-state index contributed by atoms with van der Waals surface area (Å²) in [6.07, 6.45) is 3.43. The Bertz CT molecular complexity index is 1240. The summed E-state index contributed by atoms with van der Waals surface area (Å²) in [4.78, 5) is 13.0. The van der Waals surface area contributed by atoms with Crippen molar-refractivity contribution in [2.45, 2.75) is 17.8 Å². The van der Waals surface area contributed by atoms with E-state index in [0.29, 0.717) is 10.9 Å². The summed E-state index contributed by atoms with van der Waals surface area (Å²) in [7, 11) is 1.82. The summed E-state index contributed by atoms with van der Waals surface area (Å²) >= 11 is 1.34. The van der Waals surface area contributed by atoms with Crippen LogP contribution in [0.25, 0.3) is 11.5 Å². The minimum Gasteiger partial charge on any atom is -0.378 e. The molecule has 32 heavy (non-hydrogen) atoms. The van der Waals surface area contributed by atoms with Gasteiger partial charge in [0.2, 0.25) is 11.6 Å². The van der Waals surface area contributed by atoms with Gasteiger partial charge in [-0.15, -0.1) is 15.3 Å². The third kappa shape index (κ3) is 4.29. The van der Waals surface area contributed by atoms with E-state index in [4.69, 9.17) is 5.73 Å². The van der Waals surface area contributed by atoms with Crippen molar-refractivity contribution < 1.29 is 9.42 Å². The lowest BCUT2D eigenvalue weighted by atomic mass is 10.1. The Morgan fingerprint density at radius 2 is 2.03 bits per heavy atom. The molecule has 0 saturated heterocycles. The van der Waals surface area contributed by atoms with Crippen molar-refractivity contribution in [2.24, 2.45) is 7.05 Å². The van der Waals surface area contributed by atoms with Gasteiger partial charge in [-0.3, -0.25) is 15.6 Å². The first-order chi connectivity index (χ1) is 15.6. The van der Waals surface area contributed by atoms with Crippen LogP contribution in [0.1, 0.15) is 28.7 Å². The van der Waals surface area contributed by atoms with Crippen LogP contribution in [0.5, 0.6) is 0 Å². The molecule has 0 aliphatic carbocycles. The lowest BCUT2D eigenvalue weighted by Gasteiger charge is -2.12. The van der Waals surface area contributed by atoms with E-state index in [0.717, 1.165) is 11.3 Å². The summed E-state index contributed by atoms with van der Waals surface area (Å²) in [6, 6.07) is 9.58. The van der Waals surface area contributed by atoms with Gasteiger partial charge >= 0.3 is 0 Å². The van der Waals surface area contributed by atoms with Gasteiger partial charge < -0.3 is 10.3 Å². The number of nitrogens with zero attached hydrogens (tertiary/aromatic N) is 8. The normalized spacial score (nSPS) is 11.5. The van der Waals surface area contributed by atoms with Gasteiger partial charge in [-0.2, -0.15) is 4.68 Å². The van der Waals surface area contributed by atoms with Crippen LogP contribution in [-0.4, -0.2) is 46.0 Å². The van der Waals surface area contributed by atoms with E-state index in [1.54, 1.807) is 10.9 Å². The molecule has 14 heteroatoms. The molecule has 0 atom stereocenters. The van der Waals surface area contributed by atoms with Crippen molar-refractivity contribution in [3.63, 3.8) is 0 Å². The van der Waals surface area contributed by atoms with E-state index in [1.807, 2.05) is 50.4 Å². The van der Waals surface area contributed by atoms with Crippen molar-refractivity contribution in [1.82, 2.24) is 50.9 Å². The molecule has 4 aromatic rings. The minimum absolute atomic E-state index is 0.0187. The number of nitrogens with one attached hydrogen (secondary N) is 2. The first-order valence-corrected chi connectivity index (χ1v) is 10.3. The van der Waals surface area contributed by atoms with Gasteiger partial charge in [0.05, 0.1) is 11.4 Å². The first kappa shape index (κ1) is 21.0. The fourth-order valence-electron chi connectivity index (χ4n) is 2.76. The average molecular weight is 453 g/mol. The molecule has 3 aromatic heterocycles. The number of amides is 1. The molecule has 0 bridgehead atoms. The van der Waals surface area contributed by atoms with Gasteiger partial charge in [0.1, 0.15) is 6.33 Å². The molecular formula is C18H19N11O2S. The van der Waals surface area contributed by atoms with Gasteiger partial charge in [-0.25, -0.2) is 4.63 Å². The van der Waals surface area contributed by atoms with Crippen LogP contribution in [0.4, 0.5) is 5.82 Å². The van der Waals surface area contributed by atoms with Crippen molar-refractivity contribution in [3.8, 4) is 5.82 Å². The maximum atomic E-state index is 13.0. The first-order valence-electron chi connectivity index (χ1n) is 9.36. The molecule has 0 spiro atoms. The van der Waals surface area contributed by atoms with E-state index in [2.05, 4.69) is 46.3 Å². The SMILES string of the molecule is C/C=C(\NNC(=O)c1nnn(-c2nonc2N)c1CSc1nncn1C)c1ccccc1. The molecular weight excluding hydrogens is 434 g/mol. The largest absolute Gasteiger partial charge is 0.378 e. The van der Waals surface area contributed by atoms with E-state index >= 15 is 0 Å². The number of hydrogen-bond acceptors (Lipinski definition) is 11. The topological polar surface area (TPSA) is 167 Å². The quantitative estimate of drug-likeness (QED) is 0.256. The summed E-state index contributed by atoms with van der Waals surface area (Å²) in [5.74, 6) is -0.0548. The van der Waals surface area contributed by atoms with Crippen LogP contribution in [0.2, 0.25) is 0 Å². The summed E-state index contributed by atoms with van der Waals surface area (Å²) in [5, 5.41) is 23.9. The lowest BCUT2D eigenvalue weighted by molar-refractivity contribution is 0.0936. The molecule has 0 aliphatic heterocycles. The Kier molecular flexibility index (Phi) is 6.12. The third-order valence-corrected chi connectivity index (χ3v) is 5.41. The van der Waals surface area contributed by atoms with Crippen LogP contribution in [0.3, 0.4) is 0 Å². The molecule has 3 heterocycles. The van der Waals surface area contributed by atoms with Crippen molar-refractivity contribution in [1.29, 1.82) is 0 Å². The Balaban J connectivity index is 1.58. The predicted molar refractivity (Wildman–Crippen MR) is 115 cm³/mol. The number of hydrazine groups is 1. The highest BCUT2D eigenvalue weighted by Crippen LogP contribution is 2.24. The standard InChI is InChI=1S/C18H19N11O2S/c1-3-12(11-7-5-4-6-8-11)21-23-17(30)14-13(9-32-18-24-20-10-28(18)2)29(27-22-14)16-15(19)25-31-26-16/h3-8,10,21H,9H2,1-2H3,(H2,19,25)(H,23,30)/b12-3-. The van der Waals surface area contributed by atoms with Gasteiger partial charge in [0.15, 0.2) is 10.9 Å². The number of hydrogen-bond donors (Lipinski definition) is 3. The van der Waals surface area contributed by atoms with Crippen LogP contribution in [-0.2, 0) is 12.8 Å². The van der Waals surface area contributed by atoms with Crippen LogP contribution >= 0.6 is 11.8 Å². The van der Waals surface area contributed by atoms with Gasteiger partial charge in [0.25, 0.3) is 5.91 Å². The zero-order valence-electron chi connectivity index (χ0n) is 17.1. The smallest absolute Gasteiger partial charge is 0.292 e. The van der Waals surface area contributed by atoms with Crippen molar-refractivity contribution >= 4 is 29.2 Å². The fourth-order valence-corrected chi connectivity index (χ4v) is 3.64. The number of nitrogens with two attached hydrogens (primary N) is 1. The maximum absolute atomic E-state index is 13.0. The number of aryl methyl sites for hydroxylation is 1.